The molecular weight excluding hydrogens is 358 g/mol. The molecule has 1 aliphatic heterocycles. The smallest absolute Gasteiger partial charge is 0.255 e. The number of para-hydroxylation sites is 1. The van der Waals surface area contributed by atoms with Crippen LogP contribution in [0.5, 0.6) is 5.75 Å². The van der Waals surface area contributed by atoms with Gasteiger partial charge in [-0.15, -0.1) is 0 Å². The SMILES string of the molecule is CC.Cc1ccccc1NC(=O)c1ccc2c(c1)C(C)(Cc1ccccc1)CO2. The lowest BCUT2D eigenvalue weighted by Crippen LogP contribution is -2.27. The Kier molecular flexibility index (Phi) is 6.38. The average molecular weight is 388 g/mol. The largest absolute Gasteiger partial charge is 0.492 e. The number of benzene rings is 3. The number of hydrogen-bond donors (Lipinski definition) is 1. The second kappa shape index (κ2) is 8.95. The van der Waals surface area contributed by atoms with Crippen molar-refractivity contribution in [1.82, 2.24) is 0 Å². The van der Waals surface area contributed by atoms with Crippen molar-refractivity contribution < 1.29 is 9.53 Å². The highest BCUT2D eigenvalue weighted by Gasteiger charge is 2.37. The number of anilines is 1. The van der Waals surface area contributed by atoms with Gasteiger partial charge in [-0.1, -0.05) is 69.3 Å². The van der Waals surface area contributed by atoms with Gasteiger partial charge in [-0.05, 0) is 48.7 Å². The third-order valence-electron chi connectivity index (χ3n) is 5.27. The number of amides is 1. The minimum absolute atomic E-state index is 0.0962. The summed E-state index contributed by atoms with van der Waals surface area (Å²) in [5, 5.41) is 3.01. The Morgan fingerprint density at radius 1 is 1.00 bits per heavy atom. The summed E-state index contributed by atoms with van der Waals surface area (Å²) < 4.78 is 5.93. The summed E-state index contributed by atoms with van der Waals surface area (Å²) in [5.41, 5.74) is 4.77. The van der Waals surface area contributed by atoms with E-state index in [9.17, 15) is 4.79 Å². The van der Waals surface area contributed by atoms with Gasteiger partial charge in [0.1, 0.15) is 5.75 Å². The average Bonchev–Trinajstić information content (AvgIpc) is 3.08. The normalized spacial score (nSPS) is 16.8. The number of carbonyl (C=O) groups excluding carboxylic acids is 1. The van der Waals surface area contributed by atoms with Gasteiger partial charge in [-0.25, -0.2) is 0 Å². The summed E-state index contributed by atoms with van der Waals surface area (Å²) in [6.45, 7) is 8.82. The van der Waals surface area contributed by atoms with Gasteiger partial charge < -0.3 is 10.1 Å². The zero-order chi connectivity index (χ0) is 20.9. The fraction of sp³-hybridized carbons (Fsp3) is 0.269. The molecule has 1 atom stereocenters. The first-order chi connectivity index (χ1) is 14.0. The Morgan fingerprint density at radius 2 is 1.69 bits per heavy atom. The van der Waals surface area contributed by atoms with Crippen LogP contribution in [0, 0.1) is 6.92 Å². The van der Waals surface area contributed by atoms with E-state index in [4.69, 9.17) is 4.74 Å². The highest BCUT2D eigenvalue weighted by Crippen LogP contribution is 2.41. The van der Waals surface area contributed by atoms with Crippen LogP contribution in [0.2, 0.25) is 0 Å². The first-order valence-corrected chi connectivity index (χ1v) is 10.2. The minimum Gasteiger partial charge on any atom is -0.492 e. The topological polar surface area (TPSA) is 38.3 Å². The van der Waals surface area contributed by atoms with Gasteiger partial charge in [0, 0.05) is 22.2 Å². The first kappa shape index (κ1) is 20.7. The molecule has 1 aliphatic rings. The Hall–Kier alpha value is -3.07. The van der Waals surface area contributed by atoms with E-state index in [1.807, 2.05) is 69.3 Å². The second-order valence-corrected chi connectivity index (χ2v) is 7.49. The molecule has 1 N–H and O–H groups in total. The maximum Gasteiger partial charge on any atom is 0.255 e. The zero-order valence-electron chi connectivity index (χ0n) is 17.7. The molecule has 1 unspecified atom stereocenters. The number of hydrogen-bond acceptors (Lipinski definition) is 2. The van der Waals surface area contributed by atoms with Gasteiger partial charge in [0.25, 0.3) is 5.91 Å². The minimum atomic E-state index is -0.143. The van der Waals surface area contributed by atoms with Crippen LogP contribution in [0.1, 0.15) is 47.8 Å². The van der Waals surface area contributed by atoms with E-state index in [1.165, 1.54) is 5.56 Å². The molecule has 3 aromatic rings. The fourth-order valence-corrected chi connectivity index (χ4v) is 3.68. The van der Waals surface area contributed by atoms with Gasteiger partial charge >= 0.3 is 0 Å². The summed E-state index contributed by atoms with van der Waals surface area (Å²) in [7, 11) is 0. The molecule has 3 heteroatoms. The summed E-state index contributed by atoms with van der Waals surface area (Å²) in [6, 6.07) is 23.9. The Balaban J connectivity index is 0.00000117. The van der Waals surface area contributed by atoms with E-state index in [2.05, 4.69) is 36.5 Å². The molecule has 0 saturated carbocycles. The van der Waals surface area contributed by atoms with Crippen molar-refractivity contribution in [2.75, 3.05) is 11.9 Å². The molecule has 4 rings (SSSR count). The molecule has 0 aromatic heterocycles. The molecule has 29 heavy (non-hydrogen) atoms. The van der Waals surface area contributed by atoms with Gasteiger partial charge in [0.15, 0.2) is 0 Å². The third-order valence-corrected chi connectivity index (χ3v) is 5.27. The maximum absolute atomic E-state index is 12.8. The van der Waals surface area contributed by atoms with Crippen molar-refractivity contribution in [1.29, 1.82) is 0 Å². The van der Waals surface area contributed by atoms with Crippen LogP contribution in [0.15, 0.2) is 72.8 Å². The van der Waals surface area contributed by atoms with Crippen molar-refractivity contribution in [2.24, 2.45) is 0 Å². The standard InChI is InChI=1S/C24H23NO2.C2H6/c1-17-8-6-7-11-21(17)25-23(26)19-12-13-22-20(14-19)24(2,16-27-22)15-18-9-4-3-5-10-18;1-2/h3-14H,15-16H2,1-2H3,(H,25,26);1-2H3. The van der Waals surface area contributed by atoms with Crippen molar-refractivity contribution >= 4 is 11.6 Å². The van der Waals surface area contributed by atoms with Crippen LogP contribution in [0.25, 0.3) is 0 Å². The molecule has 0 bridgehead atoms. The lowest BCUT2D eigenvalue weighted by molar-refractivity contribution is 0.102. The Labute approximate surface area is 173 Å². The Morgan fingerprint density at radius 3 is 2.41 bits per heavy atom. The molecule has 0 saturated heterocycles. The molecule has 0 radical (unpaired) electrons. The third kappa shape index (κ3) is 4.51. The second-order valence-electron chi connectivity index (χ2n) is 7.49. The fourth-order valence-electron chi connectivity index (χ4n) is 3.68. The van der Waals surface area contributed by atoms with E-state index in [-0.39, 0.29) is 11.3 Å². The lowest BCUT2D eigenvalue weighted by Gasteiger charge is -2.23. The first-order valence-electron chi connectivity index (χ1n) is 10.2. The molecule has 1 heterocycles. The van der Waals surface area contributed by atoms with Gasteiger partial charge in [0.2, 0.25) is 0 Å². The maximum atomic E-state index is 12.8. The number of aryl methyl sites for hydroxylation is 1. The highest BCUT2D eigenvalue weighted by molar-refractivity contribution is 6.05. The predicted octanol–water partition coefficient (Wildman–Crippen LogP) is 6.17. The molecule has 3 aromatic carbocycles. The van der Waals surface area contributed by atoms with Crippen molar-refractivity contribution in [2.45, 2.75) is 39.5 Å². The van der Waals surface area contributed by atoms with Crippen molar-refractivity contribution in [3.63, 3.8) is 0 Å². The number of ether oxygens (including phenoxy) is 1. The number of fused-ring (bicyclic) bond motifs is 1. The number of rotatable bonds is 4. The monoisotopic (exact) mass is 387 g/mol. The molecule has 3 nitrogen and oxygen atoms in total. The summed E-state index contributed by atoms with van der Waals surface area (Å²) in [6.07, 6.45) is 0.879. The van der Waals surface area contributed by atoms with E-state index in [0.29, 0.717) is 12.2 Å². The molecule has 1 amide bonds. The molecule has 0 spiro atoms. The van der Waals surface area contributed by atoms with Crippen LogP contribution in [0.3, 0.4) is 0 Å². The molecular formula is C26H29NO2. The van der Waals surface area contributed by atoms with Gasteiger partial charge in [-0.2, -0.15) is 0 Å². The molecule has 0 fully saturated rings. The van der Waals surface area contributed by atoms with Crippen molar-refractivity contribution in [3.8, 4) is 5.75 Å². The van der Waals surface area contributed by atoms with E-state index < -0.39 is 0 Å². The van der Waals surface area contributed by atoms with Gasteiger partial charge in [-0.3, -0.25) is 4.79 Å². The highest BCUT2D eigenvalue weighted by atomic mass is 16.5. The zero-order valence-corrected chi connectivity index (χ0v) is 17.7. The van der Waals surface area contributed by atoms with Crippen LogP contribution in [-0.2, 0) is 11.8 Å². The van der Waals surface area contributed by atoms with Crippen LogP contribution >= 0.6 is 0 Å². The summed E-state index contributed by atoms with van der Waals surface area (Å²) >= 11 is 0. The van der Waals surface area contributed by atoms with Crippen LogP contribution in [0.4, 0.5) is 5.69 Å². The quantitative estimate of drug-likeness (QED) is 0.582. The molecule has 150 valence electrons. The van der Waals surface area contributed by atoms with E-state index >= 15 is 0 Å². The summed E-state index contributed by atoms with van der Waals surface area (Å²) in [4.78, 5) is 12.8. The van der Waals surface area contributed by atoms with Crippen LogP contribution in [-0.4, -0.2) is 12.5 Å². The summed E-state index contributed by atoms with van der Waals surface area (Å²) in [5.74, 6) is 0.780. The van der Waals surface area contributed by atoms with E-state index in [0.717, 1.165) is 29.0 Å². The predicted molar refractivity (Wildman–Crippen MR) is 120 cm³/mol. The Bertz CT molecular complexity index is 981. The number of nitrogens with one attached hydrogen (secondary N) is 1. The van der Waals surface area contributed by atoms with E-state index in [1.54, 1.807) is 0 Å². The molecule has 0 aliphatic carbocycles. The lowest BCUT2D eigenvalue weighted by atomic mass is 9.78. The van der Waals surface area contributed by atoms with Crippen molar-refractivity contribution in [3.05, 3.63) is 95.1 Å². The number of carbonyl (C=O) groups is 1. The van der Waals surface area contributed by atoms with Gasteiger partial charge in [0.05, 0.1) is 6.61 Å². The van der Waals surface area contributed by atoms with Crippen LogP contribution < -0.4 is 10.1 Å².